The lowest BCUT2D eigenvalue weighted by Gasteiger charge is -2.23. The molecule has 1 N–H and O–H groups in total. The normalized spacial score (nSPS) is 13.9. The minimum Gasteiger partial charge on any atom is -0.380 e. The van der Waals surface area contributed by atoms with Gasteiger partial charge in [-0.2, -0.15) is 0 Å². The van der Waals surface area contributed by atoms with E-state index in [4.69, 9.17) is 0 Å². The number of ketones is 1. The van der Waals surface area contributed by atoms with Crippen LogP contribution in [0, 0.1) is 6.92 Å². The lowest BCUT2D eigenvalue weighted by molar-refractivity contribution is -0.136. The number of aromatic nitrogens is 1. The predicted molar refractivity (Wildman–Crippen MR) is 92.5 cm³/mol. The number of fused-ring (bicyclic) bond motifs is 1. The van der Waals surface area contributed by atoms with Crippen molar-refractivity contribution in [1.29, 1.82) is 0 Å². The van der Waals surface area contributed by atoms with Crippen molar-refractivity contribution >= 4 is 16.7 Å². The average Bonchev–Trinajstić information content (AvgIpc) is 2.92. The van der Waals surface area contributed by atoms with E-state index in [1.807, 2.05) is 72.3 Å². The zero-order valence-corrected chi connectivity index (χ0v) is 13.5. The van der Waals surface area contributed by atoms with Gasteiger partial charge in [-0.3, -0.25) is 4.79 Å². The predicted octanol–water partition coefficient (Wildman–Crippen LogP) is 3.51. The first-order valence-corrected chi connectivity index (χ1v) is 7.81. The number of hydrogen-bond acceptors (Lipinski definition) is 2. The summed E-state index contributed by atoms with van der Waals surface area (Å²) in [7, 11) is 0. The van der Waals surface area contributed by atoms with Gasteiger partial charge in [0.15, 0.2) is 5.78 Å². The summed E-state index contributed by atoms with van der Waals surface area (Å²) in [5, 5.41) is 11.8. The fraction of sp³-hybridized carbons (Fsp3) is 0.250. The number of rotatable bonds is 5. The van der Waals surface area contributed by atoms with E-state index in [0.717, 1.165) is 22.0 Å². The molecule has 0 saturated carbocycles. The highest BCUT2D eigenvalue weighted by Crippen LogP contribution is 2.20. The van der Waals surface area contributed by atoms with Gasteiger partial charge in [0, 0.05) is 18.1 Å². The number of carbonyl (C=O) groups excluding carboxylic acids is 1. The molecular weight excluding hydrogens is 286 g/mol. The number of para-hydroxylation sites is 1. The van der Waals surface area contributed by atoms with Crippen LogP contribution in [0.1, 0.15) is 18.1 Å². The maximum atomic E-state index is 12.5. The summed E-state index contributed by atoms with van der Waals surface area (Å²) in [5.41, 5.74) is 1.72. The zero-order valence-electron chi connectivity index (χ0n) is 13.5. The van der Waals surface area contributed by atoms with Crippen molar-refractivity contribution in [2.24, 2.45) is 0 Å². The summed E-state index contributed by atoms with van der Waals surface area (Å²) in [6, 6.07) is 17.8. The number of nitrogens with zero attached hydrogens (tertiary/aromatic N) is 1. The monoisotopic (exact) mass is 307 g/mol. The molecule has 2 aromatic carbocycles. The van der Waals surface area contributed by atoms with Crippen molar-refractivity contribution < 1.29 is 9.90 Å². The van der Waals surface area contributed by atoms with Crippen LogP contribution in [0.4, 0.5) is 0 Å². The molecule has 1 atom stereocenters. The Morgan fingerprint density at radius 2 is 1.78 bits per heavy atom. The maximum Gasteiger partial charge on any atom is 0.170 e. The molecule has 0 unspecified atom stereocenters. The molecule has 23 heavy (non-hydrogen) atoms. The highest BCUT2D eigenvalue weighted by molar-refractivity contribution is 5.89. The van der Waals surface area contributed by atoms with Crippen LogP contribution in [0.25, 0.3) is 10.9 Å². The SMILES string of the molecule is Cc1ccc(CC(=O)[C@@](C)(O)Cn2ccc3ccccc32)cc1. The molecule has 0 saturated heterocycles. The highest BCUT2D eigenvalue weighted by atomic mass is 16.3. The molecule has 0 spiro atoms. The lowest BCUT2D eigenvalue weighted by atomic mass is 9.94. The Bertz CT molecular complexity index is 828. The van der Waals surface area contributed by atoms with Crippen LogP contribution in [0.15, 0.2) is 60.8 Å². The van der Waals surface area contributed by atoms with Crippen molar-refractivity contribution in [3.05, 3.63) is 71.9 Å². The van der Waals surface area contributed by atoms with E-state index in [1.54, 1.807) is 6.92 Å². The van der Waals surface area contributed by atoms with E-state index in [-0.39, 0.29) is 18.7 Å². The summed E-state index contributed by atoms with van der Waals surface area (Å²) in [6.45, 7) is 3.86. The smallest absolute Gasteiger partial charge is 0.170 e. The Morgan fingerprint density at radius 1 is 1.09 bits per heavy atom. The van der Waals surface area contributed by atoms with Gasteiger partial charge in [0.2, 0.25) is 0 Å². The van der Waals surface area contributed by atoms with Gasteiger partial charge in [-0.15, -0.1) is 0 Å². The van der Waals surface area contributed by atoms with Gasteiger partial charge in [-0.05, 0) is 36.9 Å². The third kappa shape index (κ3) is 3.35. The molecule has 0 amide bonds. The number of aliphatic hydroxyl groups is 1. The molecule has 3 nitrogen and oxygen atoms in total. The van der Waals surface area contributed by atoms with Crippen LogP contribution in [0.2, 0.25) is 0 Å². The Labute approximate surface area is 136 Å². The van der Waals surface area contributed by atoms with Crippen LogP contribution in [0.5, 0.6) is 0 Å². The molecule has 1 aromatic heterocycles. The van der Waals surface area contributed by atoms with Gasteiger partial charge in [-0.1, -0.05) is 48.0 Å². The molecule has 0 aliphatic carbocycles. The Balaban J connectivity index is 1.77. The van der Waals surface area contributed by atoms with Crippen LogP contribution in [-0.2, 0) is 17.8 Å². The summed E-state index contributed by atoms with van der Waals surface area (Å²) >= 11 is 0. The van der Waals surface area contributed by atoms with Crippen molar-refractivity contribution in [2.45, 2.75) is 32.4 Å². The molecule has 0 aliphatic rings. The van der Waals surface area contributed by atoms with Crippen molar-refractivity contribution in [1.82, 2.24) is 4.57 Å². The van der Waals surface area contributed by atoms with Gasteiger partial charge in [0.05, 0.1) is 6.54 Å². The lowest BCUT2D eigenvalue weighted by Crippen LogP contribution is -2.40. The van der Waals surface area contributed by atoms with Gasteiger partial charge in [-0.25, -0.2) is 0 Å². The van der Waals surface area contributed by atoms with Crippen molar-refractivity contribution in [3.8, 4) is 0 Å². The molecule has 3 rings (SSSR count). The van der Waals surface area contributed by atoms with E-state index in [2.05, 4.69) is 0 Å². The number of aryl methyl sites for hydroxylation is 1. The second-order valence-electron chi connectivity index (χ2n) is 6.36. The Kier molecular flexibility index (Phi) is 4.05. The van der Waals surface area contributed by atoms with E-state index in [9.17, 15) is 9.90 Å². The minimum atomic E-state index is -1.40. The molecule has 0 bridgehead atoms. The van der Waals surface area contributed by atoms with Crippen molar-refractivity contribution in [3.63, 3.8) is 0 Å². The topological polar surface area (TPSA) is 42.2 Å². The summed E-state index contributed by atoms with van der Waals surface area (Å²) < 4.78 is 1.93. The van der Waals surface area contributed by atoms with E-state index in [0.29, 0.717) is 0 Å². The van der Waals surface area contributed by atoms with Crippen LogP contribution in [-0.4, -0.2) is 21.1 Å². The number of Topliss-reactive ketones (excluding diaryl/α,β-unsaturated/α-hetero) is 1. The molecule has 1 heterocycles. The number of carbonyl (C=O) groups is 1. The van der Waals surface area contributed by atoms with Gasteiger partial charge >= 0.3 is 0 Å². The fourth-order valence-electron chi connectivity index (χ4n) is 2.78. The third-order valence-electron chi connectivity index (χ3n) is 4.24. The molecular formula is C20H21NO2. The molecule has 0 aliphatic heterocycles. The summed E-state index contributed by atoms with van der Waals surface area (Å²) in [4.78, 5) is 12.5. The first kappa shape index (κ1) is 15.5. The molecule has 3 aromatic rings. The maximum absolute atomic E-state index is 12.5. The van der Waals surface area contributed by atoms with E-state index in [1.165, 1.54) is 0 Å². The largest absolute Gasteiger partial charge is 0.380 e. The molecule has 3 heteroatoms. The molecule has 0 radical (unpaired) electrons. The van der Waals surface area contributed by atoms with Crippen LogP contribution >= 0.6 is 0 Å². The Hall–Kier alpha value is -2.39. The van der Waals surface area contributed by atoms with Crippen LogP contribution in [0.3, 0.4) is 0 Å². The van der Waals surface area contributed by atoms with Crippen LogP contribution < -0.4 is 0 Å². The van der Waals surface area contributed by atoms with Crippen molar-refractivity contribution in [2.75, 3.05) is 0 Å². The highest BCUT2D eigenvalue weighted by Gasteiger charge is 2.30. The standard InChI is InChI=1S/C20H21NO2/c1-15-7-9-16(10-8-15)13-19(22)20(2,23)14-21-12-11-17-5-3-4-6-18(17)21/h3-12,23H,13-14H2,1-2H3/t20-/m0/s1. The van der Waals surface area contributed by atoms with Gasteiger partial charge in [0.25, 0.3) is 0 Å². The average molecular weight is 307 g/mol. The third-order valence-corrected chi connectivity index (χ3v) is 4.24. The van der Waals surface area contributed by atoms with Gasteiger partial charge in [0.1, 0.15) is 5.60 Å². The first-order valence-electron chi connectivity index (χ1n) is 7.81. The van der Waals surface area contributed by atoms with E-state index < -0.39 is 5.60 Å². The zero-order chi connectivity index (χ0) is 16.4. The minimum absolute atomic E-state index is 0.167. The number of hydrogen-bond donors (Lipinski definition) is 1. The summed E-state index contributed by atoms with van der Waals surface area (Å²) in [5.74, 6) is -0.167. The van der Waals surface area contributed by atoms with E-state index >= 15 is 0 Å². The molecule has 118 valence electrons. The quantitative estimate of drug-likeness (QED) is 0.784. The number of benzene rings is 2. The molecule has 0 fully saturated rings. The first-order chi connectivity index (χ1) is 11.0. The second kappa shape index (κ2) is 6.01. The fourth-order valence-corrected chi connectivity index (χ4v) is 2.78. The van der Waals surface area contributed by atoms with Gasteiger partial charge < -0.3 is 9.67 Å². The summed E-state index contributed by atoms with van der Waals surface area (Å²) in [6.07, 6.45) is 2.16. The second-order valence-corrected chi connectivity index (χ2v) is 6.36. The Morgan fingerprint density at radius 3 is 2.52 bits per heavy atom.